The van der Waals surface area contributed by atoms with E-state index >= 15 is 0 Å². The van der Waals surface area contributed by atoms with Crippen molar-refractivity contribution in [1.82, 2.24) is 5.32 Å². The highest BCUT2D eigenvalue weighted by Gasteiger charge is 2.27. The Morgan fingerprint density at radius 1 is 1.35 bits per heavy atom. The number of hydrogen-bond donors (Lipinski definition) is 1. The van der Waals surface area contributed by atoms with Gasteiger partial charge >= 0.3 is 0 Å². The first-order valence-corrected chi connectivity index (χ1v) is 6.55. The monoisotopic (exact) mass is 233 g/mol. The molecule has 0 radical (unpaired) electrons. The highest BCUT2D eigenvalue weighted by molar-refractivity contribution is 5.32. The quantitative estimate of drug-likeness (QED) is 0.866. The molecule has 0 saturated carbocycles. The molecule has 1 aliphatic heterocycles. The van der Waals surface area contributed by atoms with Gasteiger partial charge in [0.05, 0.1) is 6.10 Å². The molecule has 94 valence electrons. The van der Waals surface area contributed by atoms with Crippen molar-refractivity contribution < 1.29 is 4.74 Å². The SMILES string of the molecule is CNCC1CCCOC1c1ccc(C)cc1C. The van der Waals surface area contributed by atoms with Crippen molar-refractivity contribution in [3.8, 4) is 0 Å². The van der Waals surface area contributed by atoms with Crippen LogP contribution in [-0.4, -0.2) is 20.2 Å². The fraction of sp³-hybridized carbons (Fsp3) is 0.600. The van der Waals surface area contributed by atoms with E-state index in [9.17, 15) is 0 Å². The molecule has 0 aromatic heterocycles. The van der Waals surface area contributed by atoms with E-state index in [1.54, 1.807) is 0 Å². The first-order valence-electron chi connectivity index (χ1n) is 6.55. The predicted molar refractivity (Wildman–Crippen MR) is 71.3 cm³/mol. The second-order valence-corrected chi connectivity index (χ2v) is 5.11. The first kappa shape index (κ1) is 12.6. The van der Waals surface area contributed by atoms with Gasteiger partial charge in [-0.1, -0.05) is 23.8 Å². The Balaban J connectivity index is 2.23. The van der Waals surface area contributed by atoms with Crippen LogP contribution in [0.25, 0.3) is 0 Å². The molecule has 1 saturated heterocycles. The van der Waals surface area contributed by atoms with Crippen LogP contribution in [0.4, 0.5) is 0 Å². The summed E-state index contributed by atoms with van der Waals surface area (Å²) >= 11 is 0. The maximum Gasteiger partial charge on any atom is 0.0867 e. The molecule has 17 heavy (non-hydrogen) atoms. The largest absolute Gasteiger partial charge is 0.373 e. The van der Waals surface area contributed by atoms with Crippen LogP contribution in [0, 0.1) is 19.8 Å². The maximum absolute atomic E-state index is 6.01. The Morgan fingerprint density at radius 2 is 2.18 bits per heavy atom. The zero-order valence-corrected chi connectivity index (χ0v) is 11.1. The van der Waals surface area contributed by atoms with Gasteiger partial charge in [-0.2, -0.15) is 0 Å². The van der Waals surface area contributed by atoms with Crippen molar-refractivity contribution in [2.45, 2.75) is 32.8 Å². The Bertz CT molecular complexity index is 373. The van der Waals surface area contributed by atoms with E-state index in [-0.39, 0.29) is 6.10 Å². The number of benzene rings is 1. The highest BCUT2D eigenvalue weighted by Crippen LogP contribution is 2.34. The Kier molecular flexibility index (Phi) is 4.19. The molecule has 2 unspecified atom stereocenters. The number of hydrogen-bond acceptors (Lipinski definition) is 2. The highest BCUT2D eigenvalue weighted by atomic mass is 16.5. The molecule has 2 rings (SSSR count). The number of ether oxygens (including phenoxy) is 1. The summed E-state index contributed by atoms with van der Waals surface area (Å²) in [5, 5.41) is 3.29. The Hall–Kier alpha value is -0.860. The minimum Gasteiger partial charge on any atom is -0.373 e. The van der Waals surface area contributed by atoms with Crippen LogP contribution in [0.2, 0.25) is 0 Å². The van der Waals surface area contributed by atoms with Crippen LogP contribution in [0.3, 0.4) is 0 Å². The lowest BCUT2D eigenvalue weighted by Gasteiger charge is -2.33. The molecule has 0 bridgehead atoms. The number of aryl methyl sites for hydroxylation is 2. The summed E-state index contributed by atoms with van der Waals surface area (Å²) in [6.07, 6.45) is 2.73. The van der Waals surface area contributed by atoms with E-state index in [1.807, 2.05) is 7.05 Å². The average Bonchev–Trinajstić information content (AvgIpc) is 2.31. The van der Waals surface area contributed by atoms with Crippen molar-refractivity contribution in [2.24, 2.45) is 5.92 Å². The molecule has 0 aliphatic carbocycles. The van der Waals surface area contributed by atoms with Crippen LogP contribution < -0.4 is 5.32 Å². The predicted octanol–water partition coefficient (Wildman–Crippen LogP) is 2.99. The third kappa shape index (κ3) is 2.88. The zero-order chi connectivity index (χ0) is 12.3. The Labute approximate surface area is 104 Å². The van der Waals surface area contributed by atoms with Crippen LogP contribution in [-0.2, 0) is 4.74 Å². The van der Waals surface area contributed by atoms with Crippen molar-refractivity contribution in [2.75, 3.05) is 20.2 Å². The summed E-state index contributed by atoms with van der Waals surface area (Å²) in [5.41, 5.74) is 4.06. The summed E-state index contributed by atoms with van der Waals surface area (Å²) in [6, 6.07) is 6.68. The third-order valence-corrected chi connectivity index (χ3v) is 3.64. The van der Waals surface area contributed by atoms with Crippen molar-refractivity contribution in [1.29, 1.82) is 0 Å². The molecule has 2 heteroatoms. The van der Waals surface area contributed by atoms with E-state index in [0.717, 1.165) is 13.2 Å². The van der Waals surface area contributed by atoms with Crippen molar-refractivity contribution in [3.05, 3.63) is 34.9 Å². The lowest BCUT2D eigenvalue weighted by molar-refractivity contribution is -0.0275. The topological polar surface area (TPSA) is 21.3 Å². The van der Waals surface area contributed by atoms with E-state index in [2.05, 4.69) is 37.4 Å². The van der Waals surface area contributed by atoms with E-state index in [1.165, 1.54) is 29.5 Å². The molecule has 1 aromatic carbocycles. The molecule has 1 heterocycles. The molecular formula is C15H23NO. The van der Waals surface area contributed by atoms with Gasteiger partial charge in [-0.15, -0.1) is 0 Å². The number of nitrogens with one attached hydrogen (secondary N) is 1. The summed E-state index contributed by atoms with van der Waals surface area (Å²) < 4.78 is 6.01. The maximum atomic E-state index is 6.01. The molecule has 0 amide bonds. The number of rotatable bonds is 3. The molecule has 1 fully saturated rings. The molecule has 1 aliphatic rings. The lowest BCUT2D eigenvalue weighted by atomic mass is 9.87. The van der Waals surface area contributed by atoms with Crippen molar-refractivity contribution >= 4 is 0 Å². The minimum atomic E-state index is 0.275. The van der Waals surface area contributed by atoms with E-state index < -0.39 is 0 Å². The van der Waals surface area contributed by atoms with Gasteiger partial charge in [0.1, 0.15) is 0 Å². The van der Waals surface area contributed by atoms with Crippen molar-refractivity contribution in [3.63, 3.8) is 0 Å². The average molecular weight is 233 g/mol. The first-order chi connectivity index (χ1) is 8.22. The van der Waals surface area contributed by atoms with Gasteiger partial charge in [0, 0.05) is 19.1 Å². The normalized spacial score (nSPS) is 24.9. The summed E-state index contributed by atoms with van der Waals surface area (Å²) in [6.45, 7) is 6.27. The fourth-order valence-electron chi connectivity index (χ4n) is 2.80. The van der Waals surface area contributed by atoms with Gasteiger partial charge in [-0.25, -0.2) is 0 Å². The van der Waals surface area contributed by atoms with Crippen LogP contribution in [0.1, 0.15) is 35.6 Å². The second kappa shape index (κ2) is 5.65. The molecular weight excluding hydrogens is 210 g/mol. The van der Waals surface area contributed by atoms with Gasteiger partial charge < -0.3 is 10.1 Å². The molecule has 2 nitrogen and oxygen atoms in total. The zero-order valence-electron chi connectivity index (χ0n) is 11.1. The van der Waals surface area contributed by atoms with Crippen LogP contribution in [0.5, 0.6) is 0 Å². The minimum absolute atomic E-state index is 0.275. The Morgan fingerprint density at radius 3 is 2.88 bits per heavy atom. The van der Waals surface area contributed by atoms with Gasteiger partial charge in [0.15, 0.2) is 0 Å². The molecule has 1 N–H and O–H groups in total. The van der Waals surface area contributed by atoms with E-state index in [4.69, 9.17) is 4.74 Å². The van der Waals surface area contributed by atoms with Gasteiger partial charge in [0.25, 0.3) is 0 Å². The van der Waals surface area contributed by atoms with E-state index in [0.29, 0.717) is 5.92 Å². The fourth-order valence-corrected chi connectivity index (χ4v) is 2.80. The smallest absolute Gasteiger partial charge is 0.0867 e. The van der Waals surface area contributed by atoms with Crippen LogP contribution >= 0.6 is 0 Å². The molecule has 2 atom stereocenters. The second-order valence-electron chi connectivity index (χ2n) is 5.11. The van der Waals surface area contributed by atoms with Gasteiger partial charge in [-0.3, -0.25) is 0 Å². The van der Waals surface area contributed by atoms with Crippen LogP contribution in [0.15, 0.2) is 18.2 Å². The molecule has 1 aromatic rings. The standard InChI is InChI=1S/C15H23NO/c1-11-6-7-14(12(2)9-11)15-13(10-16-3)5-4-8-17-15/h6-7,9,13,15-16H,4-5,8,10H2,1-3H3. The van der Waals surface area contributed by atoms with Gasteiger partial charge in [0.2, 0.25) is 0 Å². The van der Waals surface area contributed by atoms with Gasteiger partial charge in [-0.05, 0) is 44.9 Å². The summed E-state index contributed by atoms with van der Waals surface area (Å²) in [7, 11) is 2.02. The summed E-state index contributed by atoms with van der Waals surface area (Å²) in [5.74, 6) is 0.607. The molecule has 0 spiro atoms. The lowest BCUT2D eigenvalue weighted by Crippen LogP contribution is -2.30. The summed E-state index contributed by atoms with van der Waals surface area (Å²) in [4.78, 5) is 0. The third-order valence-electron chi connectivity index (χ3n) is 3.64.